The molecule has 0 bridgehead atoms. The quantitative estimate of drug-likeness (QED) is 0.640. The maximum absolute atomic E-state index is 5.64. The van der Waals surface area contributed by atoms with Gasteiger partial charge in [0.05, 0.1) is 11.7 Å². The first-order chi connectivity index (χ1) is 5.24. The topological polar surface area (TPSA) is 52.0 Å². The van der Waals surface area contributed by atoms with Crippen molar-refractivity contribution in [1.82, 2.24) is 5.16 Å². The van der Waals surface area contributed by atoms with Gasteiger partial charge in [-0.05, 0) is 6.92 Å². The van der Waals surface area contributed by atoms with Crippen LogP contribution in [0.3, 0.4) is 0 Å². The number of hydrogen-bond acceptors (Lipinski definition) is 3. The van der Waals surface area contributed by atoms with Crippen LogP contribution in [0.25, 0.3) is 0 Å². The van der Waals surface area contributed by atoms with E-state index in [1.54, 1.807) is 6.07 Å². The van der Waals surface area contributed by atoms with Gasteiger partial charge >= 0.3 is 0 Å². The summed E-state index contributed by atoms with van der Waals surface area (Å²) in [5.74, 6) is 3.12. The average Bonchev–Trinajstić information content (AvgIpc) is 2.36. The fourth-order valence-electron chi connectivity index (χ4n) is 0.786. The molecule has 0 aliphatic carbocycles. The second-order valence-electron chi connectivity index (χ2n) is 2.39. The average molecular weight is 150 g/mol. The summed E-state index contributed by atoms with van der Waals surface area (Å²) in [4.78, 5) is 0. The zero-order valence-corrected chi connectivity index (χ0v) is 6.37. The van der Waals surface area contributed by atoms with Crippen LogP contribution in [0.2, 0.25) is 0 Å². The highest BCUT2D eigenvalue weighted by Crippen LogP contribution is 2.13. The Bertz CT molecular complexity index is 272. The molecule has 2 N–H and O–H groups in total. The number of nitrogens with two attached hydrogens (primary N) is 1. The van der Waals surface area contributed by atoms with Crippen molar-refractivity contribution < 1.29 is 4.52 Å². The number of aryl methyl sites for hydroxylation is 1. The van der Waals surface area contributed by atoms with Gasteiger partial charge in [-0.25, -0.2) is 0 Å². The zero-order valence-electron chi connectivity index (χ0n) is 6.37. The number of hydrogen-bond donors (Lipinski definition) is 1. The van der Waals surface area contributed by atoms with Gasteiger partial charge in [-0.15, -0.1) is 12.3 Å². The van der Waals surface area contributed by atoms with Gasteiger partial charge in [-0.1, -0.05) is 5.16 Å². The van der Waals surface area contributed by atoms with Crippen molar-refractivity contribution in [2.75, 3.05) is 0 Å². The number of nitrogens with zero attached hydrogens (tertiary/aromatic N) is 1. The highest BCUT2D eigenvalue weighted by atomic mass is 16.5. The highest BCUT2D eigenvalue weighted by Gasteiger charge is 2.08. The first-order valence-corrected chi connectivity index (χ1v) is 3.36. The molecule has 1 heterocycles. The van der Waals surface area contributed by atoms with E-state index in [1.165, 1.54) is 0 Å². The standard InChI is InChI=1S/C8H10N2O/c1-3-4-7(9)8-5-6(2)10-11-8/h1,5,7H,4,9H2,2H3/t7-/m0/s1. The van der Waals surface area contributed by atoms with Crippen molar-refractivity contribution in [3.8, 4) is 12.3 Å². The van der Waals surface area contributed by atoms with Crippen molar-refractivity contribution >= 4 is 0 Å². The van der Waals surface area contributed by atoms with E-state index in [9.17, 15) is 0 Å². The molecule has 1 aromatic heterocycles. The van der Waals surface area contributed by atoms with Crippen molar-refractivity contribution in [2.45, 2.75) is 19.4 Å². The van der Waals surface area contributed by atoms with Gasteiger partial charge < -0.3 is 10.3 Å². The normalized spacial score (nSPS) is 12.5. The second-order valence-corrected chi connectivity index (χ2v) is 2.39. The van der Waals surface area contributed by atoms with E-state index in [0.717, 1.165) is 5.69 Å². The van der Waals surface area contributed by atoms with Crippen LogP contribution in [0.1, 0.15) is 23.9 Å². The van der Waals surface area contributed by atoms with Crippen LogP contribution in [-0.2, 0) is 0 Å². The maximum atomic E-state index is 5.64. The summed E-state index contributed by atoms with van der Waals surface area (Å²) in [6, 6.07) is 1.57. The fourth-order valence-corrected chi connectivity index (χ4v) is 0.786. The van der Waals surface area contributed by atoms with Crippen molar-refractivity contribution in [3.05, 3.63) is 17.5 Å². The largest absolute Gasteiger partial charge is 0.359 e. The Morgan fingerprint density at radius 3 is 3.09 bits per heavy atom. The molecule has 1 aromatic rings. The van der Waals surface area contributed by atoms with Crippen LogP contribution in [0.15, 0.2) is 10.6 Å². The number of aromatic nitrogens is 1. The van der Waals surface area contributed by atoms with Crippen LogP contribution in [0.4, 0.5) is 0 Å². The molecule has 0 amide bonds. The molecule has 0 aliphatic rings. The van der Waals surface area contributed by atoms with Gasteiger partial charge in [0.15, 0.2) is 5.76 Å². The molecule has 0 radical (unpaired) electrons. The summed E-state index contributed by atoms with van der Waals surface area (Å²) in [7, 11) is 0. The molecule has 0 aromatic carbocycles. The Morgan fingerprint density at radius 1 is 1.91 bits per heavy atom. The van der Waals surface area contributed by atoms with E-state index in [1.807, 2.05) is 6.92 Å². The minimum absolute atomic E-state index is 0.221. The van der Waals surface area contributed by atoms with E-state index < -0.39 is 0 Å². The summed E-state index contributed by atoms with van der Waals surface area (Å²) in [5, 5.41) is 3.70. The van der Waals surface area contributed by atoms with E-state index in [0.29, 0.717) is 12.2 Å². The monoisotopic (exact) mass is 150 g/mol. The van der Waals surface area contributed by atoms with Crippen LogP contribution < -0.4 is 5.73 Å². The molecule has 0 fully saturated rings. The molecular formula is C8H10N2O. The van der Waals surface area contributed by atoms with E-state index >= 15 is 0 Å². The van der Waals surface area contributed by atoms with Crippen LogP contribution in [0.5, 0.6) is 0 Å². The highest BCUT2D eigenvalue weighted by molar-refractivity contribution is 5.09. The Hall–Kier alpha value is -1.27. The predicted molar refractivity (Wildman–Crippen MR) is 41.6 cm³/mol. The summed E-state index contributed by atoms with van der Waals surface area (Å²) in [5.41, 5.74) is 6.47. The lowest BCUT2D eigenvalue weighted by Crippen LogP contribution is -2.07. The lowest BCUT2D eigenvalue weighted by molar-refractivity contribution is 0.360. The maximum Gasteiger partial charge on any atom is 0.154 e. The predicted octanol–water partition coefficient (Wildman–Crippen LogP) is 1.01. The molecule has 11 heavy (non-hydrogen) atoms. The lowest BCUT2D eigenvalue weighted by Gasteiger charge is -1.99. The minimum atomic E-state index is -0.221. The van der Waals surface area contributed by atoms with Gasteiger partial charge in [0, 0.05) is 12.5 Å². The van der Waals surface area contributed by atoms with Crippen LogP contribution in [0, 0.1) is 19.3 Å². The number of rotatable bonds is 2. The van der Waals surface area contributed by atoms with E-state index in [2.05, 4.69) is 11.1 Å². The lowest BCUT2D eigenvalue weighted by atomic mass is 10.2. The van der Waals surface area contributed by atoms with E-state index in [4.69, 9.17) is 16.7 Å². The second kappa shape index (κ2) is 3.22. The van der Waals surface area contributed by atoms with Gasteiger partial charge in [0.1, 0.15) is 0 Å². The summed E-state index contributed by atoms with van der Waals surface area (Å²) < 4.78 is 4.91. The first kappa shape index (κ1) is 7.83. The molecule has 0 saturated heterocycles. The third-order valence-electron chi connectivity index (χ3n) is 1.35. The van der Waals surface area contributed by atoms with E-state index in [-0.39, 0.29) is 6.04 Å². The Balaban J connectivity index is 2.70. The third kappa shape index (κ3) is 1.82. The summed E-state index contributed by atoms with van der Waals surface area (Å²) >= 11 is 0. The fraction of sp³-hybridized carbons (Fsp3) is 0.375. The minimum Gasteiger partial charge on any atom is -0.359 e. The van der Waals surface area contributed by atoms with Gasteiger partial charge in [0.2, 0.25) is 0 Å². The molecule has 58 valence electrons. The molecule has 0 unspecified atom stereocenters. The molecule has 3 nitrogen and oxygen atoms in total. The third-order valence-corrected chi connectivity index (χ3v) is 1.35. The molecule has 0 spiro atoms. The molecular weight excluding hydrogens is 140 g/mol. The van der Waals surface area contributed by atoms with Crippen LogP contribution in [-0.4, -0.2) is 5.16 Å². The molecule has 0 aliphatic heterocycles. The SMILES string of the molecule is C#CC[C@H](N)c1cc(C)no1. The van der Waals surface area contributed by atoms with Crippen molar-refractivity contribution in [1.29, 1.82) is 0 Å². The van der Waals surface area contributed by atoms with Gasteiger partial charge in [-0.2, -0.15) is 0 Å². The van der Waals surface area contributed by atoms with Gasteiger partial charge in [0.25, 0.3) is 0 Å². The molecule has 1 rings (SSSR count). The molecule has 3 heteroatoms. The Morgan fingerprint density at radius 2 is 2.64 bits per heavy atom. The van der Waals surface area contributed by atoms with Gasteiger partial charge in [-0.3, -0.25) is 0 Å². The van der Waals surface area contributed by atoms with Crippen LogP contribution >= 0.6 is 0 Å². The molecule has 1 atom stereocenters. The summed E-state index contributed by atoms with van der Waals surface area (Å²) in [6.45, 7) is 1.84. The van der Waals surface area contributed by atoms with Crippen molar-refractivity contribution in [2.24, 2.45) is 5.73 Å². The van der Waals surface area contributed by atoms with Crippen molar-refractivity contribution in [3.63, 3.8) is 0 Å². The summed E-state index contributed by atoms with van der Waals surface area (Å²) in [6.07, 6.45) is 5.56. The Labute approximate surface area is 65.6 Å². The first-order valence-electron chi connectivity index (χ1n) is 3.36. The smallest absolute Gasteiger partial charge is 0.154 e. The Kier molecular flexibility index (Phi) is 2.29. The molecule has 0 saturated carbocycles. The zero-order chi connectivity index (χ0) is 8.27. The number of terminal acetylenes is 1.